The molecule has 0 saturated carbocycles. The molecule has 2 heterocycles. The molecular weight excluding hydrogens is 220 g/mol. The standard InChI is InChI=1S/C12H16N2OS/c1-3-8(2)7-9-11(12(13)15-14-9)10-5-4-6-16-10/h4-6,8H,3,7,13H2,1-2H3. The third-order valence-electron chi connectivity index (χ3n) is 2.80. The number of anilines is 1. The van der Waals surface area contributed by atoms with Crippen LogP contribution in [0.5, 0.6) is 0 Å². The summed E-state index contributed by atoms with van der Waals surface area (Å²) in [6, 6.07) is 4.06. The van der Waals surface area contributed by atoms with E-state index in [9.17, 15) is 0 Å². The van der Waals surface area contributed by atoms with E-state index in [4.69, 9.17) is 10.3 Å². The Bertz CT molecular complexity index is 448. The van der Waals surface area contributed by atoms with Gasteiger partial charge in [-0.2, -0.15) is 0 Å². The van der Waals surface area contributed by atoms with E-state index in [1.807, 2.05) is 17.5 Å². The molecule has 2 N–H and O–H groups in total. The lowest BCUT2D eigenvalue weighted by molar-refractivity contribution is 0.418. The zero-order valence-electron chi connectivity index (χ0n) is 9.56. The summed E-state index contributed by atoms with van der Waals surface area (Å²) in [7, 11) is 0. The van der Waals surface area contributed by atoms with Crippen LogP contribution in [-0.4, -0.2) is 5.16 Å². The average molecular weight is 236 g/mol. The Morgan fingerprint density at radius 3 is 3.00 bits per heavy atom. The summed E-state index contributed by atoms with van der Waals surface area (Å²) in [5.41, 5.74) is 7.79. The predicted molar refractivity (Wildman–Crippen MR) is 67.4 cm³/mol. The molecule has 3 nitrogen and oxygen atoms in total. The van der Waals surface area contributed by atoms with Gasteiger partial charge in [-0.1, -0.05) is 31.5 Å². The molecule has 0 aliphatic heterocycles. The van der Waals surface area contributed by atoms with E-state index >= 15 is 0 Å². The molecule has 4 heteroatoms. The van der Waals surface area contributed by atoms with Crippen molar-refractivity contribution in [2.24, 2.45) is 5.92 Å². The van der Waals surface area contributed by atoms with Gasteiger partial charge < -0.3 is 10.3 Å². The molecule has 2 aromatic heterocycles. The van der Waals surface area contributed by atoms with Crippen LogP contribution in [0.1, 0.15) is 26.0 Å². The van der Waals surface area contributed by atoms with Crippen LogP contribution < -0.4 is 5.73 Å². The van der Waals surface area contributed by atoms with Crippen LogP contribution in [-0.2, 0) is 6.42 Å². The lowest BCUT2D eigenvalue weighted by Gasteiger charge is -2.06. The van der Waals surface area contributed by atoms with E-state index in [0.29, 0.717) is 11.8 Å². The minimum atomic E-state index is 0.431. The molecule has 0 aliphatic rings. The van der Waals surface area contributed by atoms with Gasteiger partial charge in [-0.05, 0) is 23.8 Å². The van der Waals surface area contributed by atoms with Crippen molar-refractivity contribution in [2.75, 3.05) is 5.73 Å². The van der Waals surface area contributed by atoms with E-state index < -0.39 is 0 Å². The summed E-state index contributed by atoms with van der Waals surface area (Å²) in [5, 5.41) is 6.10. The van der Waals surface area contributed by atoms with Gasteiger partial charge in [0.25, 0.3) is 0 Å². The number of nitrogens with two attached hydrogens (primary N) is 1. The van der Waals surface area contributed by atoms with E-state index in [1.165, 1.54) is 0 Å². The number of hydrogen-bond acceptors (Lipinski definition) is 4. The maximum Gasteiger partial charge on any atom is 0.231 e. The third-order valence-corrected chi connectivity index (χ3v) is 3.68. The molecule has 2 rings (SSSR count). The van der Waals surface area contributed by atoms with Gasteiger partial charge in [-0.25, -0.2) is 0 Å². The van der Waals surface area contributed by atoms with Gasteiger partial charge in [0.2, 0.25) is 5.88 Å². The summed E-state index contributed by atoms with van der Waals surface area (Å²) in [6.07, 6.45) is 2.06. The molecule has 0 aliphatic carbocycles. The highest BCUT2D eigenvalue weighted by atomic mass is 32.1. The van der Waals surface area contributed by atoms with Crippen molar-refractivity contribution in [3.63, 3.8) is 0 Å². The fraction of sp³-hybridized carbons (Fsp3) is 0.417. The Labute approximate surface area is 99.3 Å². The van der Waals surface area contributed by atoms with E-state index in [-0.39, 0.29) is 0 Å². The lowest BCUT2D eigenvalue weighted by Crippen LogP contribution is -1.99. The van der Waals surface area contributed by atoms with E-state index in [1.54, 1.807) is 11.3 Å². The largest absolute Gasteiger partial charge is 0.367 e. The summed E-state index contributed by atoms with van der Waals surface area (Å²) in [5.74, 6) is 1.03. The van der Waals surface area contributed by atoms with Gasteiger partial charge in [0.1, 0.15) is 0 Å². The molecular formula is C12H16N2OS. The molecule has 0 amide bonds. The average Bonchev–Trinajstić information content (AvgIpc) is 2.88. The first-order chi connectivity index (χ1) is 7.72. The molecule has 0 aromatic carbocycles. The molecule has 0 spiro atoms. The highest BCUT2D eigenvalue weighted by Crippen LogP contribution is 2.34. The number of rotatable bonds is 4. The van der Waals surface area contributed by atoms with Crippen molar-refractivity contribution in [1.82, 2.24) is 5.16 Å². The van der Waals surface area contributed by atoms with Crippen LogP contribution in [0.2, 0.25) is 0 Å². The Hall–Kier alpha value is -1.29. The predicted octanol–water partition coefficient (Wildman–Crippen LogP) is 3.57. The molecule has 1 unspecified atom stereocenters. The zero-order chi connectivity index (χ0) is 11.5. The maximum absolute atomic E-state index is 5.83. The van der Waals surface area contributed by atoms with Crippen LogP contribution in [0.25, 0.3) is 10.4 Å². The topological polar surface area (TPSA) is 52.0 Å². The molecule has 0 radical (unpaired) electrons. The number of hydrogen-bond donors (Lipinski definition) is 1. The van der Waals surface area contributed by atoms with Crippen molar-refractivity contribution in [3.8, 4) is 10.4 Å². The summed E-state index contributed by atoms with van der Waals surface area (Å²) in [6.45, 7) is 4.39. The van der Waals surface area contributed by atoms with Gasteiger partial charge in [0.05, 0.1) is 11.3 Å². The van der Waals surface area contributed by atoms with Crippen molar-refractivity contribution >= 4 is 17.2 Å². The minimum absolute atomic E-state index is 0.431. The Kier molecular flexibility index (Phi) is 3.29. The van der Waals surface area contributed by atoms with Gasteiger partial charge in [-0.3, -0.25) is 0 Å². The van der Waals surface area contributed by atoms with Crippen molar-refractivity contribution in [3.05, 3.63) is 23.2 Å². The number of nitrogen functional groups attached to an aromatic ring is 1. The van der Waals surface area contributed by atoms with Crippen molar-refractivity contribution in [1.29, 1.82) is 0 Å². The number of aromatic nitrogens is 1. The quantitative estimate of drug-likeness (QED) is 0.882. The fourth-order valence-corrected chi connectivity index (χ4v) is 2.43. The van der Waals surface area contributed by atoms with Crippen LogP contribution in [0, 0.1) is 5.92 Å². The van der Waals surface area contributed by atoms with Gasteiger partial charge in [0, 0.05) is 4.88 Å². The summed E-state index contributed by atoms with van der Waals surface area (Å²) < 4.78 is 5.10. The van der Waals surface area contributed by atoms with Gasteiger partial charge >= 0.3 is 0 Å². The molecule has 16 heavy (non-hydrogen) atoms. The highest BCUT2D eigenvalue weighted by molar-refractivity contribution is 7.13. The maximum atomic E-state index is 5.83. The van der Waals surface area contributed by atoms with Crippen LogP contribution >= 0.6 is 11.3 Å². The van der Waals surface area contributed by atoms with Crippen molar-refractivity contribution < 1.29 is 4.52 Å². The lowest BCUT2D eigenvalue weighted by atomic mass is 10.00. The first-order valence-corrected chi connectivity index (χ1v) is 6.38. The SMILES string of the molecule is CCC(C)Cc1noc(N)c1-c1cccs1. The minimum Gasteiger partial charge on any atom is -0.367 e. The Morgan fingerprint density at radius 2 is 2.38 bits per heavy atom. The molecule has 2 aromatic rings. The molecule has 0 saturated heterocycles. The second-order valence-electron chi connectivity index (χ2n) is 4.06. The Balaban J connectivity index is 2.33. The summed E-state index contributed by atoms with van der Waals surface area (Å²) >= 11 is 1.66. The number of thiophene rings is 1. The van der Waals surface area contributed by atoms with Crippen LogP contribution in [0.3, 0.4) is 0 Å². The fourth-order valence-electron chi connectivity index (χ4n) is 1.64. The molecule has 0 fully saturated rings. The first-order valence-electron chi connectivity index (χ1n) is 5.50. The smallest absolute Gasteiger partial charge is 0.231 e. The van der Waals surface area contributed by atoms with Crippen LogP contribution in [0.15, 0.2) is 22.0 Å². The second kappa shape index (κ2) is 4.70. The molecule has 1 atom stereocenters. The highest BCUT2D eigenvalue weighted by Gasteiger charge is 2.17. The number of nitrogens with zero attached hydrogens (tertiary/aromatic N) is 1. The van der Waals surface area contributed by atoms with E-state index in [0.717, 1.165) is 29.0 Å². The van der Waals surface area contributed by atoms with Crippen LogP contribution in [0.4, 0.5) is 5.88 Å². The zero-order valence-corrected chi connectivity index (χ0v) is 10.4. The monoisotopic (exact) mass is 236 g/mol. The second-order valence-corrected chi connectivity index (χ2v) is 5.01. The van der Waals surface area contributed by atoms with Gasteiger partial charge in [0.15, 0.2) is 0 Å². The summed E-state index contributed by atoms with van der Waals surface area (Å²) in [4.78, 5) is 1.14. The van der Waals surface area contributed by atoms with E-state index in [2.05, 4.69) is 19.0 Å². The normalized spacial score (nSPS) is 12.9. The molecule has 0 bridgehead atoms. The molecule has 86 valence electrons. The van der Waals surface area contributed by atoms with Crippen molar-refractivity contribution in [2.45, 2.75) is 26.7 Å². The third kappa shape index (κ3) is 2.11. The first kappa shape index (κ1) is 11.2. The Morgan fingerprint density at radius 1 is 1.56 bits per heavy atom. The van der Waals surface area contributed by atoms with Gasteiger partial charge in [-0.15, -0.1) is 11.3 Å².